The van der Waals surface area contributed by atoms with Gasteiger partial charge in [-0.15, -0.1) is 0 Å². The molecular weight excluding hydrogens is 280 g/mol. The van der Waals surface area contributed by atoms with Crippen molar-refractivity contribution >= 4 is 17.5 Å². The molecule has 1 fully saturated rings. The van der Waals surface area contributed by atoms with Gasteiger partial charge in [-0.1, -0.05) is 18.2 Å². The zero-order valence-electron chi connectivity index (χ0n) is 12.8. The number of hydrogen-bond donors (Lipinski definition) is 2. The van der Waals surface area contributed by atoms with E-state index in [9.17, 15) is 9.59 Å². The van der Waals surface area contributed by atoms with Crippen LogP contribution in [0.4, 0.5) is 5.69 Å². The van der Waals surface area contributed by atoms with E-state index >= 15 is 0 Å². The number of rotatable bonds is 6. The fraction of sp³-hybridized carbons (Fsp3) is 0.500. The van der Waals surface area contributed by atoms with Gasteiger partial charge in [0.2, 0.25) is 11.8 Å². The summed E-state index contributed by atoms with van der Waals surface area (Å²) >= 11 is 0. The number of benzene rings is 1. The summed E-state index contributed by atoms with van der Waals surface area (Å²) in [6.07, 6.45) is 1.12. The van der Waals surface area contributed by atoms with E-state index in [0.29, 0.717) is 19.4 Å². The van der Waals surface area contributed by atoms with E-state index in [1.807, 2.05) is 23.1 Å². The molecule has 3 N–H and O–H groups in total. The third-order valence-corrected chi connectivity index (χ3v) is 3.83. The van der Waals surface area contributed by atoms with E-state index in [2.05, 4.69) is 22.3 Å². The number of nitrogens with one attached hydrogen (secondary N) is 1. The van der Waals surface area contributed by atoms with Gasteiger partial charge in [0.05, 0.1) is 6.54 Å². The van der Waals surface area contributed by atoms with E-state index < -0.39 is 0 Å². The number of carbonyl (C=O) groups excluding carboxylic acids is 2. The Bertz CT molecular complexity index is 484. The first-order valence-corrected chi connectivity index (χ1v) is 7.75. The highest BCUT2D eigenvalue weighted by atomic mass is 16.2. The molecule has 1 aromatic rings. The summed E-state index contributed by atoms with van der Waals surface area (Å²) in [4.78, 5) is 27.3. The second kappa shape index (κ2) is 8.38. The van der Waals surface area contributed by atoms with Crippen LogP contribution < -0.4 is 16.0 Å². The molecule has 1 aliphatic rings. The second-order valence-electron chi connectivity index (χ2n) is 5.36. The number of nitrogens with zero attached hydrogens (tertiary/aromatic N) is 2. The normalized spacial score (nSPS) is 14.8. The SMILES string of the molecule is NCC(=O)NCCCC(=O)N1CCN(c2ccccc2)CC1. The average Bonchev–Trinajstić information content (AvgIpc) is 2.59. The average molecular weight is 304 g/mol. The van der Waals surface area contributed by atoms with Crippen LogP contribution in [0.1, 0.15) is 12.8 Å². The predicted octanol–water partition coefficient (Wildman–Crippen LogP) is 0.190. The molecule has 1 aliphatic heterocycles. The van der Waals surface area contributed by atoms with Gasteiger partial charge < -0.3 is 20.9 Å². The van der Waals surface area contributed by atoms with Gasteiger partial charge in [0, 0.05) is 44.8 Å². The van der Waals surface area contributed by atoms with Crippen molar-refractivity contribution in [3.63, 3.8) is 0 Å². The highest BCUT2D eigenvalue weighted by Crippen LogP contribution is 2.15. The Labute approximate surface area is 131 Å². The summed E-state index contributed by atoms with van der Waals surface area (Å²) < 4.78 is 0. The molecular formula is C16H24N4O2. The van der Waals surface area contributed by atoms with Crippen LogP contribution in [-0.4, -0.2) is 56.0 Å². The second-order valence-corrected chi connectivity index (χ2v) is 5.36. The van der Waals surface area contributed by atoms with Crippen LogP contribution in [0.15, 0.2) is 30.3 Å². The highest BCUT2D eigenvalue weighted by molar-refractivity contribution is 5.78. The van der Waals surface area contributed by atoms with Crippen molar-refractivity contribution in [2.24, 2.45) is 5.73 Å². The van der Waals surface area contributed by atoms with Crippen LogP contribution in [0, 0.1) is 0 Å². The molecule has 1 heterocycles. The summed E-state index contributed by atoms with van der Waals surface area (Å²) in [5.41, 5.74) is 6.41. The highest BCUT2D eigenvalue weighted by Gasteiger charge is 2.20. The monoisotopic (exact) mass is 304 g/mol. The standard InChI is InChI=1S/C16H24N4O2/c17-13-15(21)18-8-4-7-16(22)20-11-9-19(10-12-20)14-5-2-1-3-6-14/h1-3,5-6H,4,7-13,17H2,(H,18,21). The molecule has 6 heteroatoms. The van der Waals surface area contributed by atoms with Crippen molar-refractivity contribution in [2.75, 3.05) is 44.2 Å². The van der Waals surface area contributed by atoms with Crippen molar-refractivity contribution in [3.8, 4) is 0 Å². The number of carbonyl (C=O) groups is 2. The molecule has 2 rings (SSSR count). The number of para-hydroxylation sites is 1. The molecule has 0 unspecified atom stereocenters. The smallest absolute Gasteiger partial charge is 0.233 e. The third-order valence-electron chi connectivity index (χ3n) is 3.83. The fourth-order valence-electron chi connectivity index (χ4n) is 2.55. The Balaban J connectivity index is 1.68. The van der Waals surface area contributed by atoms with Crippen LogP contribution in [0.2, 0.25) is 0 Å². The van der Waals surface area contributed by atoms with E-state index in [1.165, 1.54) is 5.69 Å². The lowest BCUT2D eigenvalue weighted by molar-refractivity contribution is -0.131. The van der Waals surface area contributed by atoms with Crippen LogP contribution in [0.5, 0.6) is 0 Å². The van der Waals surface area contributed by atoms with E-state index in [0.717, 1.165) is 26.2 Å². The quantitative estimate of drug-likeness (QED) is 0.736. The Morgan fingerprint density at radius 2 is 1.77 bits per heavy atom. The Morgan fingerprint density at radius 3 is 2.41 bits per heavy atom. The molecule has 0 aliphatic carbocycles. The fourth-order valence-corrected chi connectivity index (χ4v) is 2.55. The lowest BCUT2D eigenvalue weighted by atomic mass is 10.2. The molecule has 2 amide bonds. The largest absolute Gasteiger partial charge is 0.368 e. The molecule has 6 nitrogen and oxygen atoms in total. The number of piperazine rings is 1. The van der Waals surface area contributed by atoms with Crippen molar-refractivity contribution in [1.82, 2.24) is 10.2 Å². The van der Waals surface area contributed by atoms with E-state index in [-0.39, 0.29) is 18.4 Å². The summed E-state index contributed by atoms with van der Waals surface area (Å²) in [6.45, 7) is 3.73. The van der Waals surface area contributed by atoms with Gasteiger partial charge in [0.15, 0.2) is 0 Å². The third kappa shape index (κ3) is 4.73. The Morgan fingerprint density at radius 1 is 1.09 bits per heavy atom. The van der Waals surface area contributed by atoms with Gasteiger partial charge in [0.1, 0.15) is 0 Å². The summed E-state index contributed by atoms with van der Waals surface area (Å²) in [5, 5.41) is 2.68. The maximum absolute atomic E-state index is 12.1. The first-order valence-electron chi connectivity index (χ1n) is 7.75. The predicted molar refractivity (Wildman–Crippen MR) is 86.5 cm³/mol. The number of anilines is 1. The van der Waals surface area contributed by atoms with Gasteiger partial charge in [-0.2, -0.15) is 0 Å². The van der Waals surface area contributed by atoms with Crippen molar-refractivity contribution in [3.05, 3.63) is 30.3 Å². The molecule has 0 radical (unpaired) electrons. The minimum atomic E-state index is -0.177. The molecule has 1 aromatic carbocycles. The molecule has 0 spiro atoms. The van der Waals surface area contributed by atoms with Gasteiger partial charge >= 0.3 is 0 Å². The van der Waals surface area contributed by atoms with Crippen molar-refractivity contribution < 1.29 is 9.59 Å². The van der Waals surface area contributed by atoms with Crippen LogP contribution in [0.3, 0.4) is 0 Å². The number of hydrogen-bond acceptors (Lipinski definition) is 4. The summed E-state index contributed by atoms with van der Waals surface area (Å²) in [7, 11) is 0. The molecule has 1 saturated heterocycles. The topological polar surface area (TPSA) is 78.7 Å². The zero-order valence-corrected chi connectivity index (χ0v) is 12.8. The maximum Gasteiger partial charge on any atom is 0.233 e. The summed E-state index contributed by atoms with van der Waals surface area (Å²) in [5.74, 6) is -0.0152. The Kier molecular flexibility index (Phi) is 6.21. The van der Waals surface area contributed by atoms with Gasteiger partial charge in [-0.3, -0.25) is 9.59 Å². The van der Waals surface area contributed by atoms with Gasteiger partial charge in [0.25, 0.3) is 0 Å². The molecule has 0 aromatic heterocycles. The summed E-state index contributed by atoms with van der Waals surface area (Å²) in [6, 6.07) is 10.3. The lowest BCUT2D eigenvalue weighted by Crippen LogP contribution is -2.48. The number of nitrogens with two attached hydrogens (primary N) is 1. The van der Waals surface area contributed by atoms with Crippen LogP contribution in [-0.2, 0) is 9.59 Å². The first-order chi connectivity index (χ1) is 10.7. The lowest BCUT2D eigenvalue weighted by Gasteiger charge is -2.36. The van der Waals surface area contributed by atoms with Crippen molar-refractivity contribution in [1.29, 1.82) is 0 Å². The van der Waals surface area contributed by atoms with Crippen LogP contribution >= 0.6 is 0 Å². The minimum Gasteiger partial charge on any atom is -0.368 e. The molecule has 120 valence electrons. The number of amides is 2. The van der Waals surface area contributed by atoms with Gasteiger partial charge in [-0.25, -0.2) is 0 Å². The minimum absolute atomic E-state index is 0.00457. The van der Waals surface area contributed by atoms with Gasteiger partial charge in [-0.05, 0) is 18.6 Å². The first kappa shape index (κ1) is 16.3. The Hall–Kier alpha value is -2.08. The molecule has 0 atom stereocenters. The molecule has 22 heavy (non-hydrogen) atoms. The molecule has 0 bridgehead atoms. The zero-order chi connectivity index (χ0) is 15.8. The van der Waals surface area contributed by atoms with E-state index in [4.69, 9.17) is 5.73 Å². The maximum atomic E-state index is 12.1. The molecule has 0 saturated carbocycles. The van der Waals surface area contributed by atoms with Crippen molar-refractivity contribution in [2.45, 2.75) is 12.8 Å². The van der Waals surface area contributed by atoms with E-state index in [1.54, 1.807) is 0 Å². The van der Waals surface area contributed by atoms with Crippen LogP contribution in [0.25, 0.3) is 0 Å².